The summed E-state index contributed by atoms with van der Waals surface area (Å²) >= 11 is 3.71. The minimum atomic E-state index is 0.523. The summed E-state index contributed by atoms with van der Waals surface area (Å²) in [5.74, 6) is 0. The highest BCUT2D eigenvalue weighted by atomic mass is 32.1. The van der Waals surface area contributed by atoms with E-state index in [1.165, 1.54) is 35.5 Å². The zero-order valence-corrected chi connectivity index (χ0v) is 14.0. The first-order valence-electron chi connectivity index (χ1n) is 7.76. The van der Waals surface area contributed by atoms with Crippen LogP contribution in [0, 0.1) is 0 Å². The van der Waals surface area contributed by atoms with Gasteiger partial charge in [0.05, 0.1) is 5.69 Å². The monoisotopic (exact) mass is 319 g/mol. The van der Waals surface area contributed by atoms with Crippen LogP contribution in [0.4, 0.5) is 0 Å². The Morgan fingerprint density at radius 1 is 1.38 bits per heavy atom. The van der Waals surface area contributed by atoms with E-state index in [4.69, 9.17) is 4.98 Å². The normalized spacial score (nSPS) is 22.4. The third-order valence-electron chi connectivity index (χ3n) is 4.49. The summed E-state index contributed by atoms with van der Waals surface area (Å²) in [6.07, 6.45) is 3.87. The van der Waals surface area contributed by atoms with Crippen LogP contribution in [0.2, 0.25) is 0 Å². The average Bonchev–Trinajstić information content (AvgIpc) is 3.00. The molecule has 0 bridgehead atoms. The lowest BCUT2D eigenvalue weighted by atomic mass is 10.0. The van der Waals surface area contributed by atoms with Gasteiger partial charge in [-0.2, -0.15) is 0 Å². The molecule has 1 aliphatic carbocycles. The quantitative estimate of drug-likeness (QED) is 0.913. The van der Waals surface area contributed by atoms with Gasteiger partial charge in [-0.15, -0.1) is 22.7 Å². The summed E-state index contributed by atoms with van der Waals surface area (Å²) in [6, 6.07) is 3.58. The van der Waals surface area contributed by atoms with Gasteiger partial charge >= 0.3 is 0 Å². The van der Waals surface area contributed by atoms with Gasteiger partial charge in [0.25, 0.3) is 0 Å². The number of nitrogens with zero attached hydrogens (tertiary/aromatic N) is 2. The SMILES string of the molecule is CC1c2ccsc2CCN1Cc1csc(CNC2CC2)n1. The van der Waals surface area contributed by atoms with Crippen molar-refractivity contribution in [3.63, 3.8) is 0 Å². The lowest BCUT2D eigenvalue weighted by molar-refractivity contribution is 0.189. The lowest BCUT2D eigenvalue weighted by Crippen LogP contribution is -2.32. The molecule has 112 valence electrons. The van der Waals surface area contributed by atoms with Gasteiger partial charge in [0.2, 0.25) is 0 Å². The molecule has 3 nitrogen and oxygen atoms in total. The number of aromatic nitrogens is 1. The van der Waals surface area contributed by atoms with Crippen LogP contribution in [0.25, 0.3) is 0 Å². The van der Waals surface area contributed by atoms with Crippen LogP contribution < -0.4 is 5.32 Å². The fourth-order valence-corrected chi connectivity index (χ4v) is 4.71. The Hall–Kier alpha value is -0.750. The highest BCUT2D eigenvalue weighted by molar-refractivity contribution is 7.10. The summed E-state index contributed by atoms with van der Waals surface area (Å²) in [6.45, 7) is 5.41. The first-order chi connectivity index (χ1) is 10.3. The molecule has 0 saturated heterocycles. The summed E-state index contributed by atoms with van der Waals surface area (Å²) in [5, 5.41) is 9.25. The molecular formula is C16H21N3S2. The molecule has 4 rings (SSSR count). The number of thiazole rings is 1. The minimum absolute atomic E-state index is 0.523. The van der Waals surface area contributed by atoms with Crippen LogP contribution in [0.3, 0.4) is 0 Å². The fraction of sp³-hybridized carbons (Fsp3) is 0.562. The zero-order valence-electron chi connectivity index (χ0n) is 12.3. The van der Waals surface area contributed by atoms with E-state index in [0.717, 1.165) is 25.7 Å². The second-order valence-electron chi connectivity index (χ2n) is 6.08. The van der Waals surface area contributed by atoms with E-state index in [1.807, 2.05) is 11.3 Å². The van der Waals surface area contributed by atoms with Gasteiger partial charge in [0.1, 0.15) is 5.01 Å². The molecule has 0 radical (unpaired) electrons. The molecule has 0 spiro atoms. The van der Waals surface area contributed by atoms with Gasteiger partial charge in [-0.05, 0) is 43.2 Å². The van der Waals surface area contributed by atoms with Gasteiger partial charge in [-0.3, -0.25) is 4.90 Å². The number of hydrogen-bond acceptors (Lipinski definition) is 5. The highest BCUT2D eigenvalue weighted by Crippen LogP contribution is 2.33. The first-order valence-corrected chi connectivity index (χ1v) is 9.52. The molecule has 0 aromatic carbocycles. The van der Waals surface area contributed by atoms with Crippen molar-refractivity contribution in [3.05, 3.63) is 38.0 Å². The predicted octanol–water partition coefficient (Wildman–Crippen LogP) is 3.58. The Balaban J connectivity index is 1.39. The van der Waals surface area contributed by atoms with Crippen molar-refractivity contribution >= 4 is 22.7 Å². The van der Waals surface area contributed by atoms with Gasteiger partial charge in [0, 0.05) is 42.0 Å². The second-order valence-corrected chi connectivity index (χ2v) is 8.03. The van der Waals surface area contributed by atoms with E-state index in [0.29, 0.717) is 6.04 Å². The van der Waals surface area contributed by atoms with Crippen LogP contribution in [0.15, 0.2) is 16.8 Å². The molecule has 5 heteroatoms. The average molecular weight is 319 g/mol. The molecule has 2 aromatic heterocycles. The van der Waals surface area contributed by atoms with E-state index >= 15 is 0 Å². The maximum Gasteiger partial charge on any atom is 0.107 e. The second kappa shape index (κ2) is 5.80. The maximum absolute atomic E-state index is 4.80. The molecule has 1 atom stereocenters. The molecule has 2 aliphatic rings. The molecule has 21 heavy (non-hydrogen) atoms. The van der Waals surface area contributed by atoms with Gasteiger partial charge in [-0.1, -0.05) is 0 Å². The molecule has 1 aliphatic heterocycles. The number of fused-ring (bicyclic) bond motifs is 1. The standard InChI is InChI=1S/C16H21N3S2/c1-11-14-5-7-20-15(14)4-6-19(11)9-13-10-21-16(18-13)8-17-12-2-3-12/h5,7,10-12,17H,2-4,6,8-9H2,1H3. The molecule has 1 N–H and O–H groups in total. The molecule has 1 fully saturated rings. The number of nitrogens with one attached hydrogen (secondary N) is 1. The van der Waals surface area contributed by atoms with E-state index in [1.54, 1.807) is 16.2 Å². The summed E-state index contributed by atoms with van der Waals surface area (Å²) in [7, 11) is 0. The number of hydrogen-bond donors (Lipinski definition) is 1. The van der Waals surface area contributed by atoms with Gasteiger partial charge in [-0.25, -0.2) is 4.98 Å². The summed E-state index contributed by atoms with van der Waals surface area (Å²) in [5.41, 5.74) is 2.76. The Kier molecular flexibility index (Phi) is 3.83. The predicted molar refractivity (Wildman–Crippen MR) is 88.8 cm³/mol. The van der Waals surface area contributed by atoms with Crippen molar-refractivity contribution in [2.75, 3.05) is 6.54 Å². The van der Waals surface area contributed by atoms with E-state index in [-0.39, 0.29) is 0 Å². The highest BCUT2D eigenvalue weighted by Gasteiger charge is 2.25. The largest absolute Gasteiger partial charge is 0.308 e. The molecular weight excluding hydrogens is 298 g/mol. The van der Waals surface area contributed by atoms with Crippen LogP contribution in [-0.4, -0.2) is 22.5 Å². The van der Waals surface area contributed by atoms with Crippen molar-refractivity contribution < 1.29 is 0 Å². The lowest BCUT2D eigenvalue weighted by Gasteiger charge is -2.33. The molecule has 1 unspecified atom stereocenters. The minimum Gasteiger partial charge on any atom is -0.308 e. The van der Waals surface area contributed by atoms with Crippen LogP contribution >= 0.6 is 22.7 Å². The Bertz CT molecular complexity index is 615. The number of rotatable bonds is 5. The summed E-state index contributed by atoms with van der Waals surface area (Å²) < 4.78 is 0. The van der Waals surface area contributed by atoms with Crippen molar-refractivity contribution in [2.24, 2.45) is 0 Å². The van der Waals surface area contributed by atoms with Crippen molar-refractivity contribution in [3.8, 4) is 0 Å². The van der Waals surface area contributed by atoms with Crippen LogP contribution in [0.1, 0.15) is 46.9 Å². The van der Waals surface area contributed by atoms with E-state index < -0.39 is 0 Å². The number of thiophene rings is 1. The molecule has 2 aromatic rings. The fourth-order valence-electron chi connectivity index (χ4n) is 3.01. The Labute approximate surface area is 134 Å². The van der Waals surface area contributed by atoms with E-state index in [9.17, 15) is 0 Å². The van der Waals surface area contributed by atoms with E-state index in [2.05, 4.69) is 34.0 Å². The third kappa shape index (κ3) is 3.06. The maximum atomic E-state index is 4.80. The van der Waals surface area contributed by atoms with Crippen molar-refractivity contribution in [1.29, 1.82) is 0 Å². The smallest absolute Gasteiger partial charge is 0.107 e. The molecule has 1 saturated carbocycles. The van der Waals surface area contributed by atoms with Crippen LogP contribution in [0.5, 0.6) is 0 Å². The van der Waals surface area contributed by atoms with Gasteiger partial charge in [0.15, 0.2) is 0 Å². The van der Waals surface area contributed by atoms with Crippen LogP contribution in [-0.2, 0) is 19.5 Å². The Morgan fingerprint density at radius 2 is 2.29 bits per heavy atom. The summed E-state index contributed by atoms with van der Waals surface area (Å²) in [4.78, 5) is 8.93. The first kappa shape index (κ1) is 13.9. The van der Waals surface area contributed by atoms with Crippen molar-refractivity contribution in [2.45, 2.75) is 51.4 Å². The Morgan fingerprint density at radius 3 is 3.14 bits per heavy atom. The van der Waals surface area contributed by atoms with Gasteiger partial charge < -0.3 is 5.32 Å². The third-order valence-corrected chi connectivity index (χ3v) is 6.38. The van der Waals surface area contributed by atoms with Crippen molar-refractivity contribution in [1.82, 2.24) is 15.2 Å². The molecule has 3 heterocycles. The zero-order chi connectivity index (χ0) is 14.2. The topological polar surface area (TPSA) is 28.2 Å². The molecule has 0 amide bonds.